The van der Waals surface area contributed by atoms with E-state index in [1.807, 2.05) is 0 Å². The van der Waals surface area contributed by atoms with Gasteiger partial charge in [0, 0.05) is 24.8 Å². The van der Waals surface area contributed by atoms with Gasteiger partial charge >= 0.3 is 88.7 Å². The fourth-order valence-corrected chi connectivity index (χ4v) is 0.684. The van der Waals surface area contributed by atoms with Gasteiger partial charge in [-0.25, -0.2) is 0 Å². The molecule has 13 heteroatoms. The van der Waals surface area contributed by atoms with E-state index in [0.29, 0.717) is 0 Å². The summed E-state index contributed by atoms with van der Waals surface area (Å²) in [5, 5.41) is 38.9. The zero-order valence-corrected chi connectivity index (χ0v) is 17.8. The minimum Gasteiger partial charge on any atom is -0.550 e. The van der Waals surface area contributed by atoms with Gasteiger partial charge in [-0.3, -0.25) is 0 Å². The van der Waals surface area contributed by atoms with Crippen LogP contribution in [-0.4, -0.2) is 39.6 Å². The molecule has 0 amide bonds. The standard InChI is InChI=1S/C6H8O7.3Na.2H2O.H2S/c7-3(8)1-6(13,5(11)12)2-4(9)10;;;;;;/h13H,1-2H2,(H,7,8)(H,9,10)(H,11,12);;;;3*1H2/q;3*+1;;;/p-3. The summed E-state index contributed by atoms with van der Waals surface area (Å²) in [7, 11) is 0. The number of aliphatic hydroxyl groups is 1. The van der Waals surface area contributed by atoms with E-state index in [2.05, 4.69) is 0 Å². The molecule has 0 aliphatic heterocycles. The quantitative estimate of drug-likeness (QED) is 0.482. The van der Waals surface area contributed by atoms with Crippen molar-refractivity contribution < 1.29 is 134 Å². The van der Waals surface area contributed by atoms with E-state index in [1.165, 1.54) is 0 Å². The maximum atomic E-state index is 10.1. The van der Waals surface area contributed by atoms with E-state index >= 15 is 0 Å². The molecule has 0 aliphatic carbocycles. The molecular weight excluding hydrogens is 317 g/mol. The zero-order chi connectivity index (χ0) is 10.6. The van der Waals surface area contributed by atoms with Gasteiger partial charge in [0.15, 0.2) is 0 Å². The van der Waals surface area contributed by atoms with Gasteiger partial charge in [-0.05, 0) is 0 Å². The number of carbonyl (C=O) groups excluding carboxylic acids is 3. The van der Waals surface area contributed by atoms with Crippen LogP contribution in [0.2, 0.25) is 0 Å². The molecule has 0 atom stereocenters. The normalized spacial score (nSPS) is 7.42. The van der Waals surface area contributed by atoms with Gasteiger partial charge in [0.2, 0.25) is 0 Å². The summed E-state index contributed by atoms with van der Waals surface area (Å²) in [5.41, 5.74) is -2.97. The van der Waals surface area contributed by atoms with Crippen molar-refractivity contribution in [3.63, 3.8) is 0 Å². The minimum absolute atomic E-state index is 0. The molecule has 5 N–H and O–H groups in total. The fourth-order valence-electron chi connectivity index (χ4n) is 0.684. The molecule has 0 radical (unpaired) electrons. The van der Waals surface area contributed by atoms with Crippen LogP contribution in [0.4, 0.5) is 0 Å². The van der Waals surface area contributed by atoms with Crippen LogP contribution >= 0.6 is 13.5 Å². The van der Waals surface area contributed by atoms with Crippen molar-refractivity contribution in [2.24, 2.45) is 0 Å². The Morgan fingerprint density at radius 2 is 1.05 bits per heavy atom. The van der Waals surface area contributed by atoms with Crippen LogP contribution in [0.25, 0.3) is 0 Å². The smallest absolute Gasteiger partial charge is 0.550 e. The van der Waals surface area contributed by atoms with Gasteiger partial charge in [-0.2, -0.15) is 13.5 Å². The van der Waals surface area contributed by atoms with Crippen LogP contribution in [0.1, 0.15) is 12.8 Å². The van der Waals surface area contributed by atoms with Crippen LogP contribution in [0.15, 0.2) is 0 Å². The number of carbonyl (C=O) groups is 3. The van der Waals surface area contributed by atoms with E-state index in [4.69, 9.17) is 5.11 Å². The summed E-state index contributed by atoms with van der Waals surface area (Å²) in [4.78, 5) is 30.0. The van der Waals surface area contributed by atoms with Gasteiger partial charge in [0.1, 0.15) is 5.60 Å². The predicted molar refractivity (Wildman–Crippen MR) is 46.8 cm³/mol. The predicted octanol–water partition coefficient (Wildman–Crippen LogP) is -15.8. The van der Waals surface area contributed by atoms with Gasteiger partial charge in [0.05, 0.1) is 5.97 Å². The monoisotopic (exact) mass is 328 g/mol. The number of carboxylic acid groups (broad SMARTS) is 3. The Kier molecular flexibility index (Phi) is 44.2. The molecule has 0 spiro atoms. The fraction of sp³-hybridized carbons (Fsp3) is 0.500. The second kappa shape index (κ2) is 19.6. The Balaban J connectivity index is -0.0000000480. The average Bonchev–Trinajstić information content (AvgIpc) is 1.82. The molecule has 0 rings (SSSR count). The third-order valence-corrected chi connectivity index (χ3v) is 1.25. The molecule has 0 aliphatic rings. The third-order valence-electron chi connectivity index (χ3n) is 1.25. The van der Waals surface area contributed by atoms with E-state index in [9.17, 15) is 29.7 Å². The number of hydrogen-bond donors (Lipinski definition) is 1. The van der Waals surface area contributed by atoms with Crippen LogP contribution in [0.5, 0.6) is 0 Å². The van der Waals surface area contributed by atoms with Crippen molar-refractivity contribution in [3.05, 3.63) is 0 Å². The van der Waals surface area contributed by atoms with Gasteiger partial charge < -0.3 is 45.8 Å². The van der Waals surface area contributed by atoms with E-state index in [0.717, 1.165) is 0 Å². The number of hydrogen-bond acceptors (Lipinski definition) is 7. The SMILES string of the molecule is O.O.O=C([O-])CC(O)(CC(=O)[O-])C(=O)[O-].S.[Na+].[Na+].[Na+]. The molecule has 0 unspecified atom stereocenters. The Morgan fingerprint density at radius 1 is 0.842 bits per heavy atom. The molecule has 19 heavy (non-hydrogen) atoms. The van der Waals surface area contributed by atoms with Gasteiger partial charge in [0.25, 0.3) is 0 Å². The summed E-state index contributed by atoms with van der Waals surface area (Å²) >= 11 is 0. The summed E-state index contributed by atoms with van der Waals surface area (Å²) in [6.45, 7) is 0. The number of rotatable bonds is 5. The second-order valence-electron chi connectivity index (χ2n) is 2.42. The summed E-state index contributed by atoms with van der Waals surface area (Å²) in [6, 6.07) is 0. The molecule has 0 aromatic rings. The van der Waals surface area contributed by atoms with Crippen molar-refractivity contribution in [2.45, 2.75) is 18.4 Å². The first-order valence-electron chi connectivity index (χ1n) is 3.11. The largest absolute Gasteiger partial charge is 1.00 e. The van der Waals surface area contributed by atoms with Crippen molar-refractivity contribution in [3.8, 4) is 0 Å². The Morgan fingerprint density at radius 3 is 1.16 bits per heavy atom. The van der Waals surface area contributed by atoms with Crippen molar-refractivity contribution in [1.82, 2.24) is 0 Å². The van der Waals surface area contributed by atoms with Crippen molar-refractivity contribution in [1.29, 1.82) is 0 Å². The Bertz CT molecular complexity index is 246. The molecule has 0 bridgehead atoms. The van der Waals surface area contributed by atoms with Crippen molar-refractivity contribution in [2.75, 3.05) is 0 Å². The molecule has 0 aromatic heterocycles. The topological polar surface area (TPSA) is 204 Å². The summed E-state index contributed by atoms with van der Waals surface area (Å²) < 4.78 is 0. The molecule has 98 valence electrons. The van der Waals surface area contributed by atoms with Gasteiger partial charge in [-0.1, -0.05) is 0 Å². The Hall–Kier alpha value is 1.64. The Labute approximate surface area is 182 Å². The molecule has 0 heterocycles. The minimum atomic E-state index is -2.97. The molecule has 0 aromatic carbocycles. The second-order valence-corrected chi connectivity index (χ2v) is 2.42. The molecule has 0 saturated carbocycles. The zero-order valence-electron chi connectivity index (χ0n) is 10.8. The van der Waals surface area contributed by atoms with Crippen LogP contribution in [0.3, 0.4) is 0 Å². The van der Waals surface area contributed by atoms with E-state index in [1.54, 1.807) is 0 Å². The summed E-state index contributed by atoms with van der Waals surface area (Å²) in [5.74, 6) is -5.98. The van der Waals surface area contributed by atoms with Crippen LogP contribution < -0.4 is 104 Å². The summed E-state index contributed by atoms with van der Waals surface area (Å²) in [6.07, 6.45) is -2.72. The van der Waals surface area contributed by atoms with Crippen LogP contribution in [-0.2, 0) is 14.4 Å². The maximum absolute atomic E-state index is 10.1. The first kappa shape index (κ1) is 42.8. The number of carboxylic acids is 3. The van der Waals surface area contributed by atoms with E-state index < -0.39 is 36.4 Å². The van der Waals surface area contributed by atoms with Crippen molar-refractivity contribution >= 4 is 31.4 Å². The molecule has 0 saturated heterocycles. The van der Waals surface area contributed by atoms with E-state index in [-0.39, 0.29) is 113 Å². The third kappa shape index (κ3) is 19.6. The molecular formula is C6H11Na3O9S. The number of aliphatic carboxylic acids is 3. The average molecular weight is 328 g/mol. The molecule has 9 nitrogen and oxygen atoms in total. The molecule has 0 fully saturated rings. The van der Waals surface area contributed by atoms with Gasteiger partial charge in [-0.15, -0.1) is 0 Å². The first-order chi connectivity index (χ1) is 5.78. The maximum Gasteiger partial charge on any atom is 1.00 e. The van der Waals surface area contributed by atoms with Crippen LogP contribution in [0, 0.1) is 0 Å². The first-order valence-corrected chi connectivity index (χ1v) is 3.11.